The highest BCUT2D eigenvalue weighted by atomic mass is 19.1. The van der Waals surface area contributed by atoms with E-state index in [4.69, 9.17) is 9.47 Å². The highest BCUT2D eigenvalue weighted by Gasteiger charge is 2.71. The Bertz CT molecular complexity index is 1570. The number of carbonyl (C=O) groups is 2. The number of alkyl halides is 1. The number of rotatable bonds is 14. The third kappa shape index (κ3) is 7.74. The van der Waals surface area contributed by atoms with E-state index in [2.05, 4.69) is 29.6 Å². The van der Waals surface area contributed by atoms with Crippen molar-refractivity contribution in [3.63, 3.8) is 0 Å². The van der Waals surface area contributed by atoms with E-state index in [1.807, 2.05) is 24.0 Å². The van der Waals surface area contributed by atoms with Crippen LogP contribution in [0.15, 0.2) is 42.5 Å². The van der Waals surface area contributed by atoms with Gasteiger partial charge in [-0.2, -0.15) is 0 Å². The van der Waals surface area contributed by atoms with E-state index >= 15 is 0 Å². The van der Waals surface area contributed by atoms with Crippen LogP contribution in [0.3, 0.4) is 0 Å². The SMILES string of the molecule is Cc1ccc([C@]23OC[C@](C(C)(C)O)(O2)[C@@H](O)[C@H](O)[C@H]3O)cc1Cc1ccc(CCCC(=O)CC2(C(=O)NCCN3CC[C@@H](F)C3)CCCCC2)cc1. The minimum absolute atomic E-state index is 0.0237. The number of ether oxygens (including phenoxy) is 2. The Kier molecular flexibility index (Phi) is 11.6. The van der Waals surface area contributed by atoms with Crippen LogP contribution in [0, 0.1) is 12.3 Å². The van der Waals surface area contributed by atoms with Crippen LogP contribution in [0.25, 0.3) is 0 Å². The number of hydrogen-bond acceptors (Lipinski definition) is 9. The van der Waals surface area contributed by atoms with Crippen LogP contribution in [0.2, 0.25) is 0 Å². The van der Waals surface area contributed by atoms with Gasteiger partial charge in [-0.3, -0.25) is 14.5 Å². The predicted octanol–water partition coefficient (Wildman–Crippen LogP) is 3.78. The molecule has 0 radical (unpaired) electrons. The maximum atomic E-state index is 13.5. The fraction of sp³-hybridized carbons (Fsp3) is 0.659. The lowest BCUT2D eigenvalue weighted by Gasteiger charge is -2.50. The molecule has 2 bridgehead atoms. The number of fused-ring (bicyclic) bond motifs is 2. The van der Waals surface area contributed by atoms with Gasteiger partial charge in [0.05, 0.1) is 17.6 Å². The van der Waals surface area contributed by atoms with Gasteiger partial charge in [0.15, 0.2) is 5.60 Å². The van der Waals surface area contributed by atoms with E-state index in [1.165, 1.54) is 13.8 Å². The summed E-state index contributed by atoms with van der Waals surface area (Å²) in [4.78, 5) is 28.7. The Hall–Kier alpha value is -2.77. The molecule has 0 aromatic heterocycles. The molecule has 10 nitrogen and oxygen atoms in total. The van der Waals surface area contributed by atoms with Gasteiger partial charge in [0.2, 0.25) is 11.7 Å². The second-order valence-corrected chi connectivity index (χ2v) is 16.4. The fourth-order valence-electron chi connectivity index (χ4n) is 8.78. The molecule has 4 fully saturated rings. The average Bonchev–Trinajstić information content (AvgIpc) is 3.72. The number of aliphatic hydroxyl groups is 4. The van der Waals surface area contributed by atoms with E-state index in [9.17, 15) is 34.4 Å². The summed E-state index contributed by atoms with van der Waals surface area (Å²) in [6.45, 7) is 7.03. The molecule has 2 aromatic carbocycles. The minimum Gasteiger partial charge on any atom is -0.387 e. The summed E-state index contributed by atoms with van der Waals surface area (Å²) in [5, 5.41) is 46.7. The molecular formula is C41H57FN2O8. The zero-order valence-corrected chi connectivity index (χ0v) is 30.9. The van der Waals surface area contributed by atoms with Crippen molar-refractivity contribution in [2.24, 2.45) is 5.41 Å². The number of aryl methyl sites for hydroxylation is 2. The van der Waals surface area contributed by atoms with Gasteiger partial charge in [-0.15, -0.1) is 0 Å². The zero-order chi connectivity index (χ0) is 37.3. The number of benzene rings is 2. The summed E-state index contributed by atoms with van der Waals surface area (Å²) in [6.07, 6.45) is 2.25. The summed E-state index contributed by atoms with van der Waals surface area (Å²) in [5.41, 5.74) is 0.840. The quantitative estimate of drug-likeness (QED) is 0.196. The molecule has 286 valence electrons. The van der Waals surface area contributed by atoms with Gasteiger partial charge in [-0.25, -0.2) is 4.39 Å². The zero-order valence-electron chi connectivity index (χ0n) is 30.9. The lowest BCUT2D eigenvalue weighted by molar-refractivity contribution is -0.348. The molecule has 3 heterocycles. The molecule has 11 heteroatoms. The van der Waals surface area contributed by atoms with Crippen LogP contribution in [0.1, 0.15) is 99.5 Å². The van der Waals surface area contributed by atoms with Crippen molar-refractivity contribution < 1.29 is 43.9 Å². The van der Waals surface area contributed by atoms with E-state index in [-0.39, 0.29) is 24.7 Å². The first-order chi connectivity index (χ1) is 24.7. The molecule has 52 heavy (non-hydrogen) atoms. The molecule has 2 aromatic rings. The summed E-state index contributed by atoms with van der Waals surface area (Å²) >= 11 is 0. The van der Waals surface area contributed by atoms with E-state index in [1.54, 1.807) is 6.07 Å². The second kappa shape index (κ2) is 15.5. The highest BCUT2D eigenvalue weighted by molar-refractivity contribution is 5.89. The monoisotopic (exact) mass is 724 g/mol. The molecule has 5 N–H and O–H groups in total. The summed E-state index contributed by atoms with van der Waals surface area (Å²) in [5.74, 6) is -1.65. The van der Waals surface area contributed by atoms with Crippen LogP contribution in [-0.2, 0) is 37.7 Å². The summed E-state index contributed by atoms with van der Waals surface area (Å²) in [7, 11) is 0. The lowest BCUT2D eigenvalue weighted by Crippen LogP contribution is -2.70. The number of nitrogens with zero attached hydrogens (tertiary/aromatic N) is 1. The largest absolute Gasteiger partial charge is 0.387 e. The lowest BCUT2D eigenvalue weighted by atomic mass is 9.70. The Morgan fingerprint density at radius 2 is 1.73 bits per heavy atom. The van der Waals surface area contributed by atoms with Crippen LogP contribution in [0.5, 0.6) is 0 Å². The van der Waals surface area contributed by atoms with E-state index < -0.39 is 46.9 Å². The van der Waals surface area contributed by atoms with Crippen LogP contribution >= 0.6 is 0 Å². The van der Waals surface area contributed by atoms with Crippen molar-refractivity contribution >= 4 is 11.7 Å². The third-order valence-electron chi connectivity index (χ3n) is 12.2. The number of halogens is 1. The maximum absolute atomic E-state index is 13.5. The molecule has 0 spiro atoms. The number of likely N-dealkylation sites (tertiary alicyclic amines) is 1. The van der Waals surface area contributed by atoms with Crippen molar-refractivity contribution in [3.05, 3.63) is 70.3 Å². The molecule has 1 amide bonds. The number of aliphatic hydroxyl groups excluding tert-OH is 3. The van der Waals surface area contributed by atoms with E-state index in [0.29, 0.717) is 50.9 Å². The minimum atomic E-state index is -1.75. The van der Waals surface area contributed by atoms with Crippen molar-refractivity contribution in [1.82, 2.24) is 10.2 Å². The molecule has 3 saturated heterocycles. The molecule has 4 aliphatic rings. The van der Waals surface area contributed by atoms with Crippen molar-refractivity contribution in [3.8, 4) is 0 Å². The molecule has 0 unspecified atom stereocenters. The third-order valence-corrected chi connectivity index (χ3v) is 12.2. The number of amides is 1. The Morgan fingerprint density at radius 1 is 1.02 bits per heavy atom. The van der Waals surface area contributed by atoms with E-state index in [0.717, 1.165) is 67.3 Å². The Balaban J connectivity index is 1.03. The summed E-state index contributed by atoms with van der Waals surface area (Å²) < 4.78 is 25.8. The van der Waals surface area contributed by atoms with Crippen molar-refractivity contribution in [2.45, 2.75) is 133 Å². The van der Waals surface area contributed by atoms with Gasteiger partial charge in [0.1, 0.15) is 30.3 Å². The van der Waals surface area contributed by atoms with Gasteiger partial charge in [0, 0.05) is 44.6 Å². The van der Waals surface area contributed by atoms with Crippen LogP contribution in [-0.4, -0.2) is 105 Å². The second-order valence-electron chi connectivity index (χ2n) is 16.4. The van der Waals surface area contributed by atoms with Gasteiger partial charge < -0.3 is 35.2 Å². The van der Waals surface area contributed by atoms with Crippen LogP contribution in [0.4, 0.5) is 4.39 Å². The van der Waals surface area contributed by atoms with Gasteiger partial charge >= 0.3 is 0 Å². The number of Topliss-reactive ketones (excluding diaryl/α,β-unsaturated/α-hetero) is 1. The fourth-order valence-corrected chi connectivity index (χ4v) is 8.78. The molecule has 3 aliphatic heterocycles. The standard InChI is InChI=1S/C41H57FN2O8/c1-27-10-15-31(41-36(48)34(46)35(47)40(52-41,26-51-41)38(2,3)50)23-30(27)22-29-13-11-28(12-14-29)8-7-9-33(45)24-39(17-5-4-6-18-39)37(49)43-19-21-44-20-16-32(42)25-44/h10-15,23,32,34-36,46-48,50H,4-9,16-22,24-26H2,1-3H3,(H,43,49)/t32-,34+,35+,36-,40+,41+/m1/s1. The normalized spacial score (nSPS) is 30.4. The number of carbonyl (C=O) groups excluding carboxylic acids is 2. The summed E-state index contributed by atoms with van der Waals surface area (Å²) in [6, 6.07) is 13.8. The van der Waals surface area contributed by atoms with Gasteiger partial charge in [-0.05, 0) is 87.6 Å². The maximum Gasteiger partial charge on any atom is 0.226 e. The Morgan fingerprint density at radius 3 is 2.40 bits per heavy atom. The smallest absolute Gasteiger partial charge is 0.226 e. The highest BCUT2D eigenvalue weighted by Crippen LogP contribution is 2.53. The van der Waals surface area contributed by atoms with Gasteiger partial charge in [-0.1, -0.05) is 55.7 Å². The molecule has 6 atom stereocenters. The molecule has 6 rings (SSSR count). The van der Waals surface area contributed by atoms with Crippen molar-refractivity contribution in [1.29, 1.82) is 0 Å². The van der Waals surface area contributed by atoms with Crippen LogP contribution < -0.4 is 5.32 Å². The average molecular weight is 725 g/mol. The number of nitrogens with one attached hydrogen (secondary N) is 1. The first kappa shape index (κ1) is 38.9. The molecule has 1 saturated carbocycles. The number of hydrogen-bond donors (Lipinski definition) is 5. The molecular weight excluding hydrogens is 667 g/mol. The van der Waals surface area contributed by atoms with Gasteiger partial charge in [0.25, 0.3) is 0 Å². The number of ketones is 1. The Labute approximate surface area is 306 Å². The molecule has 1 aliphatic carbocycles. The predicted molar refractivity (Wildman–Crippen MR) is 193 cm³/mol. The first-order valence-corrected chi connectivity index (χ1v) is 19.1. The first-order valence-electron chi connectivity index (χ1n) is 19.1. The topological polar surface area (TPSA) is 149 Å². The van der Waals surface area contributed by atoms with Crippen molar-refractivity contribution in [2.75, 3.05) is 32.8 Å².